The van der Waals surface area contributed by atoms with Crippen molar-refractivity contribution in [2.24, 2.45) is 0 Å². The minimum absolute atomic E-state index is 0. The SMILES string of the molecule is [2H]Cc1c(C)c(Cl)nc([CH2-])c1C(C)(C)C.[V].[V].[V].[V]. The Bertz CT molecular complexity index is 394. The summed E-state index contributed by atoms with van der Waals surface area (Å²) in [7, 11) is 0. The van der Waals surface area contributed by atoms with Crippen molar-refractivity contribution in [3.63, 3.8) is 0 Å². The van der Waals surface area contributed by atoms with E-state index < -0.39 is 0 Å². The predicted molar refractivity (Wildman–Crippen MR) is 61.9 cm³/mol. The van der Waals surface area contributed by atoms with Crippen molar-refractivity contribution in [2.45, 2.75) is 40.0 Å². The van der Waals surface area contributed by atoms with E-state index in [1.54, 1.807) is 0 Å². The quantitative estimate of drug-likeness (QED) is 0.464. The second-order valence-corrected chi connectivity index (χ2v) is 4.94. The molecule has 0 amide bonds. The number of hydrogen-bond acceptors (Lipinski definition) is 1. The Morgan fingerprint density at radius 3 is 1.89 bits per heavy atom. The monoisotopic (exact) mass is 415 g/mol. The second-order valence-electron chi connectivity index (χ2n) is 4.58. The molecule has 0 spiro atoms. The number of pyridine rings is 1. The molecule has 1 nitrogen and oxygen atoms in total. The first-order valence-corrected chi connectivity index (χ1v) is 4.97. The zero-order valence-corrected chi connectivity index (χ0v) is 17.4. The maximum Gasteiger partial charge on any atom is 0.127 e. The zero-order chi connectivity index (χ0) is 11.8. The van der Waals surface area contributed by atoms with Gasteiger partial charge in [-0.15, -0.1) is 5.56 Å². The third-order valence-corrected chi connectivity index (χ3v) is 2.70. The first-order valence-electron chi connectivity index (χ1n) is 5.30. The Labute approximate surface area is 165 Å². The van der Waals surface area contributed by atoms with Gasteiger partial charge in [-0.2, -0.15) is 5.56 Å². The summed E-state index contributed by atoms with van der Waals surface area (Å²) in [6, 6.07) is 0. The molecule has 1 heterocycles. The molecule has 1 aromatic rings. The Morgan fingerprint density at radius 1 is 1.11 bits per heavy atom. The van der Waals surface area contributed by atoms with Gasteiger partial charge in [0.25, 0.3) is 0 Å². The van der Waals surface area contributed by atoms with Crippen LogP contribution in [-0.4, -0.2) is 4.98 Å². The Morgan fingerprint density at radius 2 is 1.56 bits per heavy atom. The molecule has 0 bridgehead atoms. The fraction of sp³-hybridized carbons (Fsp3) is 0.500. The molecule has 1 rings (SSSR count). The third kappa shape index (κ3) is 6.40. The van der Waals surface area contributed by atoms with Gasteiger partial charge in [-0.25, -0.2) is 6.92 Å². The smallest absolute Gasteiger partial charge is 0.127 e. The molecule has 0 aliphatic carbocycles. The van der Waals surface area contributed by atoms with Crippen LogP contribution in [0.25, 0.3) is 0 Å². The van der Waals surface area contributed by atoms with Gasteiger partial charge in [0, 0.05) is 75.6 Å². The van der Waals surface area contributed by atoms with Crippen LogP contribution in [0.4, 0.5) is 0 Å². The van der Waals surface area contributed by atoms with Crippen LogP contribution in [-0.2, 0) is 79.6 Å². The van der Waals surface area contributed by atoms with Gasteiger partial charge in [0.05, 0.1) is 0 Å². The first kappa shape index (κ1) is 24.7. The molecular weight excluding hydrogens is 397 g/mol. The summed E-state index contributed by atoms with van der Waals surface area (Å²) in [5.74, 6) is 0. The van der Waals surface area contributed by atoms with E-state index in [1.165, 1.54) is 0 Å². The average Bonchev–Trinajstić information content (AvgIpc) is 2.08. The largest absolute Gasteiger partial charge is 0.275 e. The van der Waals surface area contributed by atoms with Crippen LogP contribution in [0.5, 0.6) is 0 Å². The molecule has 0 fully saturated rings. The molecule has 6 heteroatoms. The van der Waals surface area contributed by atoms with Gasteiger partial charge in [-0.05, 0) is 12.5 Å². The van der Waals surface area contributed by atoms with Crippen molar-refractivity contribution in [3.05, 3.63) is 34.5 Å². The molecule has 0 saturated carbocycles. The van der Waals surface area contributed by atoms with Crippen LogP contribution in [0, 0.1) is 20.7 Å². The summed E-state index contributed by atoms with van der Waals surface area (Å²) in [5, 5.41) is 0.468. The number of halogens is 1. The van der Waals surface area contributed by atoms with Crippen molar-refractivity contribution in [1.82, 2.24) is 4.98 Å². The van der Waals surface area contributed by atoms with Gasteiger partial charge in [0.2, 0.25) is 0 Å². The molecule has 0 saturated heterocycles. The normalized spacial score (nSPS) is 9.94. The Hall–Kier alpha value is 1.65. The molecule has 0 atom stereocenters. The minimum Gasteiger partial charge on any atom is -0.275 e. The molecule has 0 unspecified atom stereocenters. The molecular formula is C12H17ClNV4-. The predicted octanol–water partition coefficient (Wildman–Crippen LogP) is 3.82. The van der Waals surface area contributed by atoms with E-state index in [1.807, 2.05) is 6.92 Å². The van der Waals surface area contributed by atoms with Gasteiger partial charge < -0.3 is 0 Å². The van der Waals surface area contributed by atoms with Crippen LogP contribution in [0.15, 0.2) is 0 Å². The van der Waals surface area contributed by atoms with E-state index in [2.05, 4.69) is 32.7 Å². The van der Waals surface area contributed by atoms with Crippen LogP contribution in [0.1, 0.15) is 44.5 Å². The van der Waals surface area contributed by atoms with E-state index in [-0.39, 0.29) is 86.5 Å². The molecule has 4 radical (unpaired) electrons. The van der Waals surface area contributed by atoms with E-state index in [4.69, 9.17) is 13.0 Å². The standard InChI is InChI=1S/C12H17ClN.4V/c1-7-8(2)11(13)14-9(3)10(7)12(4,5)6;;;;/h3H2,1-2,4-6H3;;;;/q-1;;;;/i1D;;;;. The number of rotatable bonds is 0. The Kier molecular flexibility index (Phi) is 14.2. The Balaban J connectivity index is -0.000000281. The van der Waals surface area contributed by atoms with E-state index in [0.29, 0.717) is 10.8 Å². The summed E-state index contributed by atoms with van der Waals surface area (Å²) < 4.78 is 7.58. The molecule has 18 heavy (non-hydrogen) atoms. The summed E-state index contributed by atoms with van der Waals surface area (Å²) in [4.78, 5) is 4.22. The molecule has 0 aromatic carbocycles. The number of hydrogen-bond donors (Lipinski definition) is 0. The maximum absolute atomic E-state index is 7.58. The molecule has 1 aromatic heterocycles. The third-order valence-electron chi connectivity index (χ3n) is 2.34. The van der Waals surface area contributed by atoms with Crippen LogP contribution in [0.3, 0.4) is 0 Å². The zero-order valence-electron chi connectivity index (χ0n) is 12.0. The summed E-state index contributed by atoms with van der Waals surface area (Å²) in [5.41, 5.74) is 3.58. The van der Waals surface area contributed by atoms with Crippen LogP contribution in [0.2, 0.25) is 5.15 Å². The van der Waals surface area contributed by atoms with Gasteiger partial charge in [-0.3, -0.25) is 4.98 Å². The topological polar surface area (TPSA) is 12.9 Å². The van der Waals surface area contributed by atoms with Crippen molar-refractivity contribution in [1.29, 1.82) is 0 Å². The van der Waals surface area contributed by atoms with Gasteiger partial charge in [0.1, 0.15) is 5.15 Å². The first-order chi connectivity index (χ1) is 6.79. The van der Waals surface area contributed by atoms with Crippen molar-refractivity contribution < 1.29 is 75.6 Å². The van der Waals surface area contributed by atoms with Crippen molar-refractivity contribution in [2.75, 3.05) is 0 Å². The molecule has 0 aliphatic rings. The van der Waals surface area contributed by atoms with Crippen molar-refractivity contribution in [3.8, 4) is 0 Å². The maximum atomic E-state index is 7.58. The van der Waals surface area contributed by atoms with Gasteiger partial charge in [-0.1, -0.05) is 50.4 Å². The van der Waals surface area contributed by atoms with Crippen LogP contribution < -0.4 is 0 Å². The van der Waals surface area contributed by atoms with E-state index in [9.17, 15) is 0 Å². The van der Waals surface area contributed by atoms with E-state index in [0.717, 1.165) is 16.7 Å². The molecule has 98 valence electrons. The molecule has 0 N–H and O–H groups in total. The number of aromatic nitrogens is 1. The average molecular weight is 416 g/mol. The minimum atomic E-state index is -0.0458. The van der Waals surface area contributed by atoms with Gasteiger partial charge >= 0.3 is 0 Å². The van der Waals surface area contributed by atoms with E-state index >= 15 is 0 Å². The summed E-state index contributed by atoms with van der Waals surface area (Å²) >= 11 is 5.99. The summed E-state index contributed by atoms with van der Waals surface area (Å²) in [6.07, 6.45) is 0. The van der Waals surface area contributed by atoms with Crippen LogP contribution >= 0.6 is 11.6 Å². The number of nitrogens with zero attached hydrogens (tertiary/aromatic N) is 1. The summed E-state index contributed by atoms with van der Waals surface area (Å²) in [6.45, 7) is 12.4. The van der Waals surface area contributed by atoms with Gasteiger partial charge in [0.15, 0.2) is 0 Å². The van der Waals surface area contributed by atoms with Crippen molar-refractivity contribution >= 4 is 11.6 Å². The fourth-order valence-electron chi connectivity index (χ4n) is 1.63. The fourth-order valence-corrected chi connectivity index (χ4v) is 1.85. The second kappa shape index (κ2) is 10.4. The molecule has 0 aliphatic heterocycles.